The van der Waals surface area contributed by atoms with E-state index in [1.54, 1.807) is 12.1 Å². The quantitative estimate of drug-likeness (QED) is 0.876. The summed E-state index contributed by atoms with van der Waals surface area (Å²) in [5.74, 6) is -0.985. The van der Waals surface area contributed by atoms with E-state index in [4.69, 9.17) is 0 Å². The fourth-order valence-corrected chi connectivity index (χ4v) is 4.13. The molecule has 2 N–H and O–H groups in total. The molecule has 0 amide bonds. The van der Waals surface area contributed by atoms with Crippen molar-refractivity contribution in [2.24, 2.45) is 0 Å². The number of hydrogen-bond donors (Lipinski definition) is 2. The third-order valence-corrected chi connectivity index (χ3v) is 5.39. The fourth-order valence-electron chi connectivity index (χ4n) is 2.83. The Labute approximate surface area is 121 Å². The minimum atomic E-state index is -0.801. The molecular weight excluding hydrogens is 277 g/mol. The number of rotatable bonds is 5. The molecule has 108 valence electrons. The van der Waals surface area contributed by atoms with Gasteiger partial charge in [-0.1, -0.05) is 12.1 Å². The van der Waals surface area contributed by atoms with Gasteiger partial charge in [-0.3, -0.25) is 10.1 Å². The average Bonchev–Trinajstić information content (AvgIpc) is 3.12. The van der Waals surface area contributed by atoms with Gasteiger partial charge in [0, 0.05) is 16.2 Å². The predicted octanol–water partition coefficient (Wildman–Crippen LogP) is 3.05. The maximum absolute atomic E-state index is 13.7. The van der Waals surface area contributed by atoms with Gasteiger partial charge in [0.2, 0.25) is 0 Å². The summed E-state index contributed by atoms with van der Waals surface area (Å²) in [5.41, 5.74) is -0.801. The molecule has 3 nitrogen and oxygen atoms in total. The monoisotopic (exact) mass is 295 g/mol. The molecule has 0 saturated heterocycles. The van der Waals surface area contributed by atoms with Gasteiger partial charge in [-0.2, -0.15) is 0 Å². The van der Waals surface area contributed by atoms with E-state index in [0.717, 1.165) is 19.3 Å². The Kier molecular flexibility index (Phi) is 3.73. The number of thioether (sulfide) groups is 1. The van der Waals surface area contributed by atoms with Gasteiger partial charge in [0.15, 0.2) is 0 Å². The number of aliphatic carboxylic acids is 1. The second kappa shape index (κ2) is 5.37. The molecule has 3 rings (SSSR count). The molecule has 0 spiro atoms. The summed E-state index contributed by atoms with van der Waals surface area (Å²) < 4.78 is 13.7. The molecule has 2 saturated carbocycles. The first-order chi connectivity index (χ1) is 9.59. The highest BCUT2D eigenvalue weighted by Crippen LogP contribution is 2.42. The topological polar surface area (TPSA) is 49.3 Å². The Bertz CT molecular complexity index is 520. The highest BCUT2D eigenvalue weighted by molar-refractivity contribution is 8.00. The van der Waals surface area contributed by atoms with E-state index in [2.05, 4.69) is 5.32 Å². The van der Waals surface area contributed by atoms with Crippen LogP contribution in [0.4, 0.5) is 4.39 Å². The molecule has 2 aliphatic rings. The number of hydrogen-bond acceptors (Lipinski definition) is 3. The van der Waals surface area contributed by atoms with Crippen molar-refractivity contribution in [2.45, 2.75) is 53.8 Å². The minimum absolute atomic E-state index is 0.161. The van der Waals surface area contributed by atoms with Crippen LogP contribution in [-0.2, 0) is 4.79 Å². The molecule has 2 fully saturated rings. The van der Waals surface area contributed by atoms with E-state index in [-0.39, 0.29) is 11.1 Å². The Morgan fingerprint density at radius 2 is 2.10 bits per heavy atom. The Morgan fingerprint density at radius 3 is 2.75 bits per heavy atom. The molecule has 0 radical (unpaired) electrons. The first-order valence-electron chi connectivity index (χ1n) is 7.01. The molecular formula is C15H18FNO2S. The molecule has 20 heavy (non-hydrogen) atoms. The molecule has 0 aromatic heterocycles. The van der Waals surface area contributed by atoms with Crippen LogP contribution in [0.2, 0.25) is 0 Å². The van der Waals surface area contributed by atoms with E-state index in [0.29, 0.717) is 23.8 Å². The highest BCUT2D eigenvalue weighted by atomic mass is 32.2. The van der Waals surface area contributed by atoms with Gasteiger partial charge in [-0.25, -0.2) is 4.39 Å². The smallest absolute Gasteiger partial charge is 0.323 e. The van der Waals surface area contributed by atoms with Gasteiger partial charge in [0.25, 0.3) is 0 Å². The summed E-state index contributed by atoms with van der Waals surface area (Å²) in [7, 11) is 0. The number of halogens is 1. The van der Waals surface area contributed by atoms with E-state index in [9.17, 15) is 14.3 Å². The Morgan fingerprint density at radius 1 is 1.35 bits per heavy atom. The highest BCUT2D eigenvalue weighted by Gasteiger charge is 2.48. The van der Waals surface area contributed by atoms with Gasteiger partial charge in [-0.05, 0) is 44.2 Å². The van der Waals surface area contributed by atoms with E-state index < -0.39 is 11.5 Å². The van der Waals surface area contributed by atoms with Gasteiger partial charge in [-0.15, -0.1) is 11.8 Å². The van der Waals surface area contributed by atoms with Crippen LogP contribution in [0.25, 0.3) is 0 Å². The van der Waals surface area contributed by atoms with Crippen molar-refractivity contribution in [3.05, 3.63) is 30.1 Å². The predicted molar refractivity (Wildman–Crippen MR) is 76.4 cm³/mol. The van der Waals surface area contributed by atoms with Crippen LogP contribution in [0.5, 0.6) is 0 Å². The summed E-state index contributed by atoms with van der Waals surface area (Å²) in [6.45, 7) is 0. The number of carboxylic acid groups (broad SMARTS) is 1. The van der Waals surface area contributed by atoms with Crippen molar-refractivity contribution >= 4 is 17.7 Å². The van der Waals surface area contributed by atoms with Crippen molar-refractivity contribution in [3.8, 4) is 0 Å². The number of benzene rings is 1. The summed E-state index contributed by atoms with van der Waals surface area (Å²) in [5, 5.41) is 13.0. The fraction of sp³-hybridized carbons (Fsp3) is 0.533. The van der Waals surface area contributed by atoms with Crippen LogP contribution < -0.4 is 5.32 Å². The molecule has 2 aliphatic carbocycles. The lowest BCUT2D eigenvalue weighted by molar-refractivity contribution is -0.144. The molecule has 0 bridgehead atoms. The molecule has 0 aliphatic heterocycles. The van der Waals surface area contributed by atoms with Crippen LogP contribution in [-0.4, -0.2) is 27.9 Å². The molecule has 1 aromatic carbocycles. The summed E-state index contributed by atoms with van der Waals surface area (Å²) in [4.78, 5) is 12.2. The number of carbonyl (C=O) groups is 1. The zero-order valence-corrected chi connectivity index (χ0v) is 12.0. The van der Waals surface area contributed by atoms with Crippen molar-refractivity contribution in [1.82, 2.24) is 5.32 Å². The number of nitrogens with one attached hydrogen (secondary N) is 1. The molecule has 5 heteroatoms. The van der Waals surface area contributed by atoms with Gasteiger partial charge >= 0.3 is 5.97 Å². The van der Waals surface area contributed by atoms with Crippen LogP contribution in [0, 0.1) is 5.82 Å². The second-order valence-electron chi connectivity index (χ2n) is 5.72. The summed E-state index contributed by atoms with van der Waals surface area (Å²) >= 11 is 1.47. The maximum Gasteiger partial charge on any atom is 0.323 e. The zero-order valence-electron chi connectivity index (χ0n) is 11.1. The normalized spacial score (nSPS) is 29.6. The van der Waals surface area contributed by atoms with Gasteiger partial charge in [0.05, 0.1) is 0 Å². The van der Waals surface area contributed by atoms with Crippen LogP contribution in [0.3, 0.4) is 0 Å². The van der Waals surface area contributed by atoms with E-state index in [1.165, 1.54) is 17.8 Å². The average molecular weight is 295 g/mol. The zero-order chi connectivity index (χ0) is 14.2. The molecule has 1 aromatic rings. The van der Waals surface area contributed by atoms with E-state index >= 15 is 0 Å². The summed E-state index contributed by atoms with van der Waals surface area (Å²) in [6.07, 6.45) is 4.15. The van der Waals surface area contributed by atoms with Crippen LogP contribution >= 0.6 is 11.8 Å². The lowest BCUT2D eigenvalue weighted by Gasteiger charge is -2.26. The lowest BCUT2D eigenvalue weighted by Crippen LogP contribution is -2.51. The summed E-state index contributed by atoms with van der Waals surface area (Å²) in [6, 6.07) is 7.06. The Hall–Kier alpha value is -1.07. The maximum atomic E-state index is 13.7. The lowest BCUT2D eigenvalue weighted by atomic mass is 9.98. The first kappa shape index (κ1) is 13.9. The van der Waals surface area contributed by atoms with Crippen molar-refractivity contribution < 1.29 is 14.3 Å². The van der Waals surface area contributed by atoms with Gasteiger partial charge in [0.1, 0.15) is 11.4 Å². The van der Waals surface area contributed by atoms with Gasteiger partial charge < -0.3 is 5.11 Å². The van der Waals surface area contributed by atoms with Crippen molar-refractivity contribution in [2.75, 3.05) is 0 Å². The third kappa shape index (κ3) is 2.83. The Balaban J connectivity index is 1.68. The molecule has 2 unspecified atom stereocenters. The van der Waals surface area contributed by atoms with E-state index in [1.807, 2.05) is 6.07 Å². The largest absolute Gasteiger partial charge is 0.480 e. The molecule has 2 atom stereocenters. The van der Waals surface area contributed by atoms with Crippen LogP contribution in [0.15, 0.2) is 29.2 Å². The van der Waals surface area contributed by atoms with Crippen molar-refractivity contribution in [3.63, 3.8) is 0 Å². The number of carboxylic acids is 1. The SMILES string of the molecule is O=C(O)C1(NC2CC2)CCC(Sc2ccccc2F)C1. The molecule has 0 heterocycles. The standard InChI is InChI=1S/C15H18FNO2S/c16-12-3-1-2-4-13(12)20-11-7-8-15(9-11,14(18)19)17-10-5-6-10/h1-4,10-11,17H,5-9H2,(H,18,19). The minimum Gasteiger partial charge on any atom is -0.480 e. The second-order valence-corrected chi connectivity index (χ2v) is 7.06. The first-order valence-corrected chi connectivity index (χ1v) is 7.89. The third-order valence-electron chi connectivity index (χ3n) is 4.07. The van der Waals surface area contributed by atoms with Crippen LogP contribution in [0.1, 0.15) is 32.1 Å². The van der Waals surface area contributed by atoms with Crippen molar-refractivity contribution in [1.29, 1.82) is 0 Å².